The van der Waals surface area contributed by atoms with E-state index in [-0.39, 0.29) is 25.3 Å². The maximum atomic E-state index is 13.8. The van der Waals surface area contributed by atoms with Crippen molar-refractivity contribution in [2.45, 2.75) is 63.7 Å². The van der Waals surface area contributed by atoms with Crippen LogP contribution in [0.1, 0.15) is 38.7 Å². The van der Waals surface area contributed by atoms with Crippen molar-refractivity contribution in [3.63, 3.8) is 0 Å². The van der Waals surface area contributed by atoms with Crippen LogP contribution < -0.4 is 32.7 Å². The van der Waals surface area contributed by atoms with Gasteiger partial charge in [-0.3, -0.25) is 33.8 Å². The lowest BCUT2D eigenvalue weighted by molar-refractivity contribution is -0.144. The van der Waals surface area contributed by atoms with Crippen LogP contribution in [0.5, 0.6) is 0 Å². The SMILES string of the molecule is CC(C)[C@@H]1C(=O)N[C@@H](CCCN=C(N)N)C(=O)NCC(=O)N[C@H](CC(=O)O)C(=O)N[C@H](Cc2ccccc2)C(=O)N1C. The Bertz CT molecular complexity index is 1170. The number of nitrogens with zero attached hydrogens (tertiary/aromatic N) is 2. The number of hydrogen-bond acceptors (Lipinski definition) is 7. The van der Waals surface area contributed by atoms with Gasteiger partial charge in [-0.05, 0) is 24.3 Å². The molecule has 0 spiro atoms. The summed E-state index contributed by atoms with van der Waals surface area (Å²) in [6.45, 7) is 3.04. The van der Waals surface area contributed by atoms with Crippen LogP contribution in [-0.2, 0) is 35.2 Å². The van der Waals surface area contributed by atoms with E-state index < -0.39 is 78.6 Å². The number of guanidine groups is 1. The standard InChI is InChI=1S/C27H40N8O7/c1-15(2)22-25(41)33-17(10-7-11-30-27(28)29)23(39)31-14-20(36)32-18(13-21(37)38)24(40)34-19(26(42)35(22)3)12-16-8-5-4-6-9-16/h4-6,8-9,15,17-19,22H,7,10-14H2,1-3H3,(H,31,39)(H,32,36)(H,33,41)(H,34,40)(H,37,38)(H4,28,29,30)/t17-,18+,19+,22+/m0/s1. The van der Waals surface area contributed by atoms with Gasteiger partial charge in [0.25, 0.3) is 0 Å². The van der Waals surface area contributed by atoms with E-state index in [1.807, 2.05) is 0 Å². The minimum absolute atomic E-state index is 0.0311. The Hall–Kier alpha value is -4.69. The van der Waals surface area contributed by atoms with Gasteiger partial charge in [-0.15, -0.1) is 0 Å². The second-order valence-corrected chi connectivity index (χ2v) is 10.3. The van der Waals surface area contributed by atoms with Gasteiger partial charge < -0.3 is 42.7 Å². The molecule has 0 radical (unpaired) electrons. The van der Waals surface area contributed by atoms with Crippen molar-refractivity contribution >= 4 is 41.5 Å². The summed E-state index contributed by atoms with van der Waals surface area (Å²) in [6, 6.07) is 3.92. The fraction of sp³-hybridized carbons (Fsp3) is 0.519. The van der Waals surface area contributed by atoms with Crippen LogP contribution in [-0.4, -0.2) is 95.8 Å². The van der Waals surface area contributed by atoms with Crippen molar-refractivity contribution in [2.24, 2.45) is 22.4 Å². The first-order valence-electron chi connectivity index (χ1n) is 13.6. The Morgan fingerprint density at radius 2 is 1.62 bits per heavy atom. The zero-order valence-electron chi connectivity index (χ0n) is 24.0. The molecule has 15 heteroatoms. The molecule has 42 heavy (non-hydrogen) atoms. The van der Waals surface area contributed by atoms with Gasteiger partial charge in [0.15, 0.2) is 5.96 Å². The van der Waals surface area contributed by atoms with E-state index in [4.69, 9.17) is 11.5 Å². The van der Waals surface area contributed by atoms with Crippen LogP contribution in [0.4, 0.5) is 0 Å². The Morgan fingerprint density at radius 3 is 2.21 bits per heavy atom. The van der Waals surface area contributed by atoms with Crippen LogP contribution in [0.3, 0.4) is 0 Å². The average molecular weight is 589 g/mol. The monoisotopic (exact) mass is 588 g/mol. The van der Waals surface area contributed by atoms with Gasteiger partial charge in [-0.1, -0.05) is 44.2 Å². The summed E-state index contributed by atoms with van der Waals surface area (Å²) in [6.07, 6.45) is -0.322. The molecule has 1 fully saturated rings. The lowest BCUT2D eigenvalue weighted by Gasteiger charge is -2.34. The van der Waals surface area contributed by atoms with E-state index in [1.54, 1.807) is 44.2 Å². The van der Waals surface area contributed by atoms with Gasteiger partial charge in [0.05, 0.1) is 13.0 Å². The van der Waals surface area contributed by atoms with Gasteiger partial charge in [0, 0.05) is 20.0 Å². The fourth-order valence-electron chi connectivity index (χ4n) is 4.58. The molecular formula is C27H40N8O7. The molecule has 0 unspecified atom stereocenters. The molecule has 1 saturated heterocycles. The molecule has 1 heterocycles. The molecule has 2 rings (SSSR count). The summed E-state index contributed by atoms with van der Waals surface area (Å²) in [5, 5.41) is 19.3. The summed E-state index contributed by atoms with van der Waals surface area (Å²) in [4.78, 5) is 82.8. The quantitative estimate of drug-likeness (QED) is 0.0942. The molecule has 0 bridgehead atoms. The second-order valence-electron chi connectivity index (χ2n) is 10.3. The highest BCUT2D eigenvalue weighted by Crippen LogP contribution is 2.15. The molecule has 0 saturated carbocycles. The molecule has 0 aliphatic carbocycles. The number of carbonyl (C=O) groups is 6. The normalized spacial score (nSPS) is 22.7. The summed E-state index contributed by atoms with van der Waals surface area (Å²) in [7, 11) is 1.42. The summed E-state index contributed by atoms with van der Waals surface area (Å²) >= 11 is 0. The number of benzene rings is 1. The average Bonchev–Trinajstić information content (AvgIpc) is 2.91. The first kappa shape index (κ1) is 33.5. The number of carboxylic acid groups (broad SMARTS) is 1. The maximum absolute atomic E-state index is 13.8. The molecule has 9 N–H and O–H groups in total. The van der Waals surface area contributed by atoms with Gasteiger partial charge in [-0.25, -0.2) is 0 Å². The number of aliphatic carboxylic acids is 1. The third-order valence-corrected chi connectivity index (χ3v) is 6.59. The Kier molecular flexibility index (Phi) is 12.7. The third-order valence-electron chi connectivity index (χ3n) is 6.59. The molecule has 1 aromatic carbocycles. The molecule has 4 atom stereocenters. The van der Waals surface area contributed by atoms with Crippen molar-refractivity contribution in [1.29, 1.82) is 0 Å². The Labute approximate surface area is 243 Å². The zero-order valence-corrected chi connectivity index (χ0v) is 24.0. The maximum Gasteiger partial charge on any atom is 0.305 e. The number of nitrogens with two attached hydrogens (primary N) is 2. The molecule has 1 aliphatic rings. The summed E-state index contributed by atoms with van der Waals surface area (Å²) < 4.78 is 0. The molecule has 230 valence electrons. The summed E-state index contributed by atoms with van der Waals surface area (Å²) in [5.74, 6) is -5.58. The first-order chi connectivity index (χ1) is 19.8. The van der Waals surface area contributed by atoms with Crippen molar-refractivity contribution < 1.29 is 33.9 Å². The minimum atomic E-state index is -1.54. The van der Waals surface area contributed by atoms with Crippen LogP contribution >= 0.6 is 0 Å². The van der Waals surface area contributed by atoms with Gasteiger partial charge >= 0.3 is 5.97 Å². The van der Waals surface area contributed by atoms with Crippen molar-refractivity contribution in [3.8, 4) is 0 Å². The fourth-order valence-corrected chi connectivity index (χ4v) is 4.58. The number of carbonyl (C=O) groups excluding carboxylic acids is 5. The van der Waals surface area contributed by atoms with E-state index in [0.29, 0.717) is 12.0 Å². The van der Waals surface area contributed by atoms with Gasteiger partial charge in [0.2, 0.25) is 29.5 Å². The summed E-state index contributed by atoms with van der Waals surface area (Å²) in [5.41, 5.74) is 11.4. The zero-order chi connectivity index (χ0) is 31.4. The van der Waals surface area contributed by atoms with Crippen LogP contribution in [0, 0.1) is 5.92 Å². The molecule has 0 aromatic heterocycles. The highest BCUT2D eigenvalue weighted by atomic mass is 16.4. The molecule has 5 amide bonds. The number of hydrogen-bond donors (Lipinski definition) is 7. The molecule has 1 aromatic rings. The van der Waals surface area contributed by atoms with Gasteiger partial charge in [-0.2, -0.15) is 0 Å². The molecular weight excluding hydrogens is 548 g/mol. The van der Waals surface area contributed by atoms with E-state index in [2.05, 4.69) is 26.3 Å². The highest BCUT2D eigenvalue weighted by Gasteiger charge is 2.37. The van der Waals surface area contributed by atoms with Crippen molar-refractivity contribution in [1.82, 2.24) is 26.2 Å². The number of amides is 5. The van der Waals surface area contributed by atoms with E-state index >= 15 is 0 Å². The van der Waals surface area contributed by atoms with E-state index in [1.165, 1.54) is 11.9 Å². The predicted octanol–water partition coefficient (Wildman–Crippen LogP) is -2.18. The molecule has 1 aliphatic heterocycles. The predicted molar refractivity (Wildman–Crippen MR) is 153 cm³/mol. The number of aliphatic imine (C=N–C) groups is 1. The first-order valence-corrected chi connectivity index (χ1v) is 13.6. The Balaban J connectivity index is 2.50. The molecule has 15 nitrogen and oxygen atoms in total. The van der Waals surface area contributed by atoms with Crippen LogP contribution in [0.25, 0.3) is 0 Å². The highest BCUT2D eigenvalue weighted by molar-refractivity contribution is 5.98. The minimum Gasteiger partial charge on any atom is -0.481 e. The lowest BCUT2D eigenvalue weighted by atomic mass is 9.98. The number of likely N-dealkylation sites (N-methyl/N-ethyl adjacent to an activating group) is 1. The van der Waals surface area contributed by atoms with E-state index in [9.17, 15) is 33.9 Å². The van der Waals surface area contributed by atoms with E-state index in [0.717, 1.165) is 0 Å². The van der Waals surface area contributed by atoms with Crippen molar-refractivity contribution in [2.75, 3.05) is 20.1 Å². The van der Waals surface area contributed by atoms with Crippen molar-refractivity contribution in [3.05, 3.63) is 35.9 Å². The lowest BCUT2D eigenvalue weighted by Crippen LogP contribution is -2.59. The smallest absolute Gasteiger partial charge is 0.305 e. The Morgan fingerprint density at radius 1 is 0.976 bits per heavy atom. The largest absolute Gasteiger partial charge is 0.481 e. The van der Waals surface area contributed by atoms with Crippen LogP contribution in [0.15, 0.2) is 35.3 Å². The van der Waals surface area contributed by atoms with Gasteiger partial charge in [0.1, 0.15) is 24.2 Å². The van der Waals surface area contributed by atoms with Crippen LogP contribution in [0.2, 0.25) is 0 Å². The third kappa shape index (κ3) is 10.4. The number of carboxylic acids is 1. The number of nitrogens with one attached hydrogen (secondary N) is 4. The topological polar surface area (TPSA) is 238 Å². The number of rotatable bonds is 9. The second kappa shape index (κ2) is 15.9.